The van der Waals surface area contributed by atoms with E-state index in [0.717, 1.165) is 25.7 Å². The zero-order chi connectivity index (χ0) is 19.2. The summed E-state index contributed by atoms with van der Waals surface area (Å²) < 4.78 is 16.7. The third-order valence-corrected chi connectivity index (χ3v) is 4.83. The van der Waals surface area contributed by atoms with Gasteiger partial charge in [-0.1, -0.05) is 36.6 Å². The van der Waals surface area contributed by atoms with Gasteiger partial charge in [-0.2, -0.15) is 0 Å². The van der Waals surface area contributed by atoms with Crippen LogP contribution in [0.4, 0.5) is 0 Å². The summed E-state index contributed by atoms with van der Waals surface area (Å²) in [5.74, 6) is -0.137. The molecule has 146 valence electrons. The Morgan fingerprint density at radius 1 is 1.30 bits per heavy atom. The number of hydrogen-bond donors (Lipinski definition) is 1. The molecule has 2 aliphatic rings. The van der Waals surface area contributed by atoms with Crippen molar-refractivity contribution in [2.75, 3.05) is 6.61 Å². The lowest BCUT2D eigenvalue weighted by Crippen LogP contribution is -2.34. The van der Waals surface area contributed by atoms with Crippen molar-refractivity contribution in [3.05, 3.63) is 40.9 Å². The smallest absolute Gasteiger partial charge is 0.302 e. The first-order valence-electron chi connectivity index (χ1n) is 9.24. The van der Waals surface area contributed by atoms with Crippen LogP contribution in [0.15, 0.2) is 30.4 Å². The summed E-state index contributed by atoms with van der Waals surface area (Å²) in [6, 6.07) is 5.16. The maximum atomic E-state index is 12.7. The Bertz CT molecular complexity index is 714. The van der Waals surface area contributed by atoms with Gasteiger partial charge in [-0.25, -0.2) is 0 Å². The zero-order valence-electron chi connectivity index (χ0n) is 15.3. The van der Waals surface area contributed by atoms with Crippen LogP contribution in [0.1, 0.15) is 49.4 Å². The molecule has 3 rings (SSSR count). The minimum atomic E-state index is -0.574. The van der Waals surface area contributed by atoms with Crippen LogP contribution >= 0.6 is 11.6 Å². The molecule has 1 amide bonds. The summed E-state index contributed by atoms with van der Waals surface area (Å²) in [5.41, 5.74) is 0.393. The molecule has 0 bridgehead atoms. The highest BCUT2D eigenvalue weighted by Gasteiger charge is 2.24. The number of benzene rings is 1. The predicted molar refractivity (Wildman–Crippen MR) is 101 cm³/mol. The van der Waals surface area contributed by atoms with Gasteiger partial charge in [0.1, 0.15) is 18.5 Å². The molecule has 1 N–H and O–H groups in total. The number of hydrogen-bond acceptors (Lipinski definition) is 5. The van der Waals surface area contributed by atoms with Crippen molar-refractivity contribution in [1.29, 1.82) is 0 Å². The highest BCUT2D eigenvalue weighted by molar-refractivity contribution is 6.31. The molecular formula is C20H24ClNO5. The fraction of sp³-hybridized carbons (Fsp3) is 0.500. The Kier molecular flexibility index (Phi) is 6.74. The molecular weight excluding hydrogens is 370 g/mol. The number of amides is 1. The Balaban J connectivity index is 1.66. The summed E-state index contributed by atoms with van der Waals surface area (Å²) in [5, 5.41) is 3.52. The Hall–Kier alpha value is -2.05. The Morgan fingerprint density at radius 3 is 2.81 bits per heavy atom. The lowest BCUT2D eigenvalue weighted by atomic mass is 10.1. The monoisotopic (exact) mass is 393 g/mol. The van der Waals surface area contributed by atoms with Crippen molar-refractivity contribution >= 4 is 23.5 Å². The Labute approximate surface area is 163 Å². The summed E-state index contributed by atoms with van der Waals surface area (Å²) in [6.45, 7) is 1.48. The first-order valence-corrected chi connectivity index (χ1v) is 9.61. The number of carbonyl (C=O) groups excluding carboxylic acids is 2. The highest BCUT2D eigenvalue weighted by Crippen LogP contribution is 2.27. The van der Waals surface area contributed by atoms with Crippen molar-refractivity contribution in [3.63, 3.8) is 0 Å². The normalized spacial score (nSPS) is 22.4. The minimum Gasteiger partial charge on any atom is -0.464 e. The van der Waals surface area contributed by atoms with Gasteiger partial charge >= 0.3 is 5.97 Å². The number of halogens is 1. The summed E-state index contributed by atoms with van der Waals surface area (Å²) in [7, 11) is 0. The molecule has 6 nitrogen and oxygen atoms in total. The summed E-state index contributed by atoms with van der Waals surface area (Å²) in [4.78, 5) is 23.7. The minimum absolute atomic E-state index is 0.126. The largest absolute Gasteiger partial charge is 0.464 e. The molecule has 0 aromatic heterocycles. The first kappa shape index (κ1) is 19.7. The quantitative estimate of drug-likeness (QED) is 0.590. The van der Waals surface area contributed by atoms with E-state index < -0.39 is 6.29 Å². The second-order valence-electron chi connectivity index (χ2n) is 6.78. The maximum absolute atomic E-state index is 12.7. The van der Waals surface area contributed by atoms with Crippen LogP contribution in [0, 0.1) is 0 Å². The average Bonchev–Trinajstić information content (AvgIpc) is 3.15. The van der Waals surface area contributed by atoms with Crippen LogP contribution < -0.4 is 10.1 Å². The fourth-order valence-corrected chi connectivity index (χ4v) is 3.44. The van der Waals surface area contributed by atoms with Gasteiger partial charge in [-0.15, -0.1) is 0 Å². The van der Waals surface area contributed by atoms with E-state index in [1.807, 2.05) is 12.2 Å². The van der Waals surface area contributed by atoms with E-state index in [1.54, 1.807) is 18.2 Å². The molecule has 0 spiro atoms. The fourth-order valence-electron chi connectivity index (χ4n) is 3.26. The molecule has 0 saturated heterocycles. The van der Waals surface area contributed by atoms with Gasteiger partial charge in [0.2, 0.25) is 6.29 Å². The van der Waals surface area contributed by atoms with Gasteiger partial charge in [0.15, 0.2) is 0 Å². The maximum Gasteiger partial charge on any atom is 0.302 e. The van der Waals surface area contributed by atoms with E-state index in [4.69, 9.17) is 25.8 Å². The second kappa shape index (κ2) is 9.24. The molecule has 0 radical (unpaired) electrons. The molecule has 1 saturated carbocycles. The lowest BCUT2D eigenvalue weighted by molar-refractivity contribution is -0.154. The summed E-state index contributed by atoms with van der Waals surface area (Å²) >= 11 is 6.09. The standard InChI is InChI=1S/C20H24ClNO5/c1-13(23)25-12-16-7-4-8-19(26-16)27-18-10-9-14(21)11-17(18)20(24)22-15-5-2-3-6-15/h4,7,9-11,15-16,19H,2-3,5-6,8,12H2,1H3,(H,22,24). The molecule has 1 fully saturated rings. The van der Waals surface area contributed by atoms with Gasteiger partial charge in [0, 0.05) is 24.4 Å². The number of carbonyl (C=O) groups is 2. The molecule has 7 heteroatoms. The lowest BCUT2D eigenvalue weighted by Gasteiger charge is -2.27. The predicted octanol–water partition coefficient (Wildman–Crippen LogP) is 3.63. The third kappa shape index (κ3) is 5.71. The first-order chi connectivity index (χ1) is 13.0. The molecule has 1 heterocycles. The number of nitrogens with one attached hydrogen (secondary N) is 1. The second-order valence-corrected chi connectivity index (χ2v) is 7.22. The number of esters is 1. The van der Waals surface area contributed by atoms with Crippen LogP contribution in [0.3, 0.4) is 0 Å². The average molecular weight is 394 g/mol. The van der Waals surface area contributed by atoms with Crippen molar-refractivity contribution in [3.8, 4) is 5.75 Å². The number of ether oxygens (including phenoxy) is 3. The van der Waals surface area contributed by atoms with E-state index in [9.17, 15) is 9.59 Å². The van der Waals surface area contributed by atoms with Crippen molar-refractivity contribution in [1.82, 2.24) is 5.32 Å². The van der Waals surface area contributed by atoms with Gasteiger partial charge < -0.3 is 19.5 Å². The zero-order valence-corrected chi connectivity index (χ0v) is 16.0. The molecule has 27 heavy (non-hydrogen) atoms. The van der Waals surface area contributed by atoms with Crippen molar-refractivity contribution < 1.29 is 23.8 Å². The van der Waals surface area contributed by atoms with Gasteiger partial charge in [0.25, 0.3) is 5.91 Å². The van der Waals surface area contributed by atoms with Crippen LogP contribution in [-0.2, 0) is 14.3 Å². The SMILES string of the molecule is CC(=O)OCC1C=CCC(Oc2ccc(Cl)cc2C(=O)NC2CCCC2)O1. The number of rotatable bonds is 6. The third-order valence-electron chi connectivity index (χ3n) is 4.59. The van der Waals surface area contributed by atoms with Gasteiger partial charge in [-0.3, -0.25) is 9.59 Å². The topological polar surface area (TPSA) is 73.9 Å². The van der Waals surface area contributed by atoms with Gasteiger partial charge in [0.05, 0.1) is 5.56 Å². The highest BCUT2D eigenvalue weighted by atomic mass is 35.5. The van der Waals surface area contributed by atoms with Crippen LogP contribution in [0.2, 0.25) is 5.02 Å². The van der Waals surface area contributed by atoms with Crippen molar-refractivity contribution in [2.24, 2.45) is 0 Å². The van der Waals surface area contributed by atoms with Crippen molar-refractivity contribution in [2.45, 2.75) is 57.5 Å². The molecule has 2 unspecified atom stereocenters. The molecule has 1 aromatic carbocycles. The molecule has 1 aromatic rings. The van der Waals surface area contributed by atoms with Gasteiger partial charge in [-0.05, 0) is 31.0 Å². The van der Waals surface area contributed by atoms with E-state index in [2.05, 4.69) is 5.32 Å². The summed E-state index contributed by atoms with van der Waals surface area (Å²) in [6.07, 6.45) is 7.59. The van der Waals surface area contributed by atoms with E-state index in [-0.39, 0.29) is 30.6 Å². The van der Waals surface area contributed by atoms with Crippen LogP contribution in [0.5, 0.6) is 5.75 Å². The Morgan fingerprint density at radius 2 is 2.07 bits per heavy atom. The van der Waals surface area contributed by atoms with E-state index in [0.29, 0.717) is 22.8 Å². The molecule has 2 atom stereocenters. The molecule has 1 aliphatic carbocycles. The molecule has 1 aliphatic heterocycles. The van der Waals surface area contributed by atoms with Crippen LogP contribution in [0.25, 0.3) is 0 Å². The van der Waals surface area contributed by atoms with E-state index in [1.165, 1.54) is 6.92 Å². The van der Waals surface area contributed by atoms with E-state index >= 15 is 0 Å². The van der Waals surface area contributed by atoms with Crippen LogP contribution in [-0.4, -0.2) is 36.9 Å².